The second-order valence-corrected chi connectivity index (χ2v) is 12.9. The topological polar surface area (TPSA) is 140 Å². The number of amides is 1. The van der Waals surface area contributed by atoms with Gasteiger partial charge >= 0.3 is 0 Å². The molecule has 0 aliphatic rings. The number of carbonyl (C=O) groups is 1. The third-order valence-electron chi connectivity index (χ3n) is 6.13. The summed E-state index contributed by atoms with van der Waals surface area (Å²) >= 11 is 6.17. The summed E-state index contributed by atoms with van der Waals surface area (Å²) in [5, 5.41) is 2.85. The molecule has 0 radical (unpaired) electrons. The molecule has 0 aliphatic carbocycles. The molecule has 0 aromatic heterocycles. The SMILES string of the molecule is COc1ccc(OC)c(NS(=O)(=O)c2ccc(NC(=O)CN(c3cc(Cl)ccc3OC)S(=O)(=O)c3ccccc3)cc2)c1. The lowest BCUT2D eigenvalue weighted by molar-refractivity contribution is -0.114. The van der Waals surface area contributed by atoms with E-state index in [1.165, 1.54) is 82.0 Å². The van der Waals surface area contributed by atoms with Gasteiger partial charge in [0.25, 0.3) is 20.0 Å². The van der Waals surface area contributed by atoms with Crippen molar-refractivity contribution in [3.63, 3.8) is 0 Å². The Morgan fingerprint density at radius 2 is 1.42 bits per heavy atom. The molecule has 4 aromatic carbocycles. The minimum atomic E-state index is -4.23. The molecule has 1 amide bonds. The van der Waals surface area contributed by atoms with E-state index in [-0.39, 0.29) is 37.6 Å². The summed E-state index contributed by atoms with van der Waals surface area (Å²) in [5.41, 5.74) is 0.475. The van der Waals surface area contributed by atoms with Crippen LogP contribution in [0.4, 0.5) is 17.1 Å². The normalized spacial score (nSPS) is 11.3. The maximum Gasteiger partial charge on any atom is 0.264 e. The molecule has 2 N–H and O–H groups in total. The van der Waals surface area contributed by atoms with Crippen LogP contribution in [-0.2, 0) is 24.8 Å². The number of hydrogen-bond donors (Lipinski definition) is 2. The zero-order valence-electron chi connectivity index (χ0n) is 23.3. The first-order chi connectivity index (χ1) is 20.5. The molecule has 0 saturated carbocycles. The minimum Gasteiger partial charge on any atom is -0.497 e. The van der Waals surface area contributed by atoms with Gasteiger partial charge in [-0.25, -0.2) is 16.8 Å². The van der Waals surface area contributed by atoms with Gasteiger partial charge in [0.05, 0.1) is 42.5 Å². The van der Waals surface area contributed by atoms with Gasteiger partial charge in [0, 0.05) is 16.8 Å². The second-order valence-electron chi connectivity index (χ2n) is 8.89. The predicted molar refractivity (Wildman–Crippen MR) is 164 cm³/mol. The average molecular weight is 646 g/mol. The molecule has 0 atom stereocenters. The van der Waals surface area contributed by atoms with Crippen LogP contribution >= 0.6 is 11.6 Å². The Morgan fingerprint density at radius 1 is 0.767 bits per heavy atom. The Kier molecular flexibility index (Phi) is 9.69. The fourth-order valence-electron chi connectivity index (χ4n) is 4.02. The quantitative estimate of drug-likeness (QED) is 0.219. The number of rotatable bonds is 12. The highest BCUT2D eigenvalue weighted by Crippen LogP contribution is 2.35. The van der Waals surface area contributed by atoms with Gasteiger partial charge in [0.1, 0.15) is 23.8 Å². The maximum atomic E-state index is 13.6. The lowest BCUT2D eigenvalue weighted by atomic mass is 10.3. The van der Waals surface area contributed by atoms with Crippen LogP contribution in [0.15, 0.2) is 101 Å². The number of halogens is 1. The molecule has 14 heteroatoms. The third kappa shape index (κ3) is 7.31. The van der Waals surface area contributed by atoms with Gasteiger partial charge in [-0.3, -0.25) is 13.8 Å². The third-order valence-corrected chi connectivity index (χ3v) is 9.52. The standard InChI is InChI=1S/C29H28ClN3O8S2/c1-39-22-12-16-27(40-2)25(18-22)32-42(35,36)23-13-10-21(11-14-23)31-29(34)19-33(26-17-20(30)9-15-28(26)41-3)43(37,38)24-7-5-4-6-8-24/h4-18,32H,19H2,1-3H3,(H,31,34). The van der Waals surface area contributed by atoms with E-state index in [0.717, 1.165) is 4.31 Å². The van der Waals surface area contributed by atoms with Crippen molar-refractivity contribution in [2.45, 2.75) is 9.79 Å². The second kappa shape index (κ2) is 13.2. The zero-order valence-corrected chi connectivity index (χ0v) is 25.7. The molecule has 226 valence electrons. The van der Waals surface area contributed by atoms with E-state index < -0.39 is 32.5 Å². The summed E-state index contributed by atoms with van der Waals surface area (Å²) in [5.74, 6) is 0.206. The van der Waals surface area contributed by atoms with Crippen LogP contribution in [0.3, 0.4) is 0 Å². The van der Waals surface area contributed by atoms with Gasteiger partial charge in [-0.1, -0.05) is 29.8 Å². The Hall–Kier alpha value is -4.46. The van der Waals surface area contributed by atoms with E-state index in [1.807, 2.05) is 0 Å². The number of nitrogens with zero attached hydrogens (tertiary/aromatic N) is 1. The molecule has 0 spiro atoms. The van der Waals surface area contributed by atoms with Gasteiger partial charge < -0.3 is 19.5 Å². The van der Waals surface area contributed by atoms with Crippen LogP contribution < -0.4 is 28.6 Å². The molecule has 0 aliphatic heterocycles. The van der Waals surface area contributed by atoms with Crippen molar-refractivity contribution in [2.24, 2.45) is 0 Å². The largest absolute Gasteiger partial charge is 0.497 e. The number of anilines is 3. The van der Waals surface area contributed by atoms with Gasteiger partial charge in [-0.15, -0.1) is 0 Å². The molecular weight excluding hydrogens is 618 g/mol. The molecular formula is C29H28ClN3O8S2. The molecule has 0 unspecified atom stereocenters. The summed E-state index contributed by atoms with van der Waals surface area (Å²) in [7, 11) is -4.04. The Balaban J connectivity index is 1.57. The van der Waals surface area contributed by atoms with Crippen LogP contribution in [0.25, 0.3) is 0 Å². The number of sulfonamides is 2. The summed E-state index contributed by atoms with van der Waals surface area (Å²) in [6.45, 7) is -0.634. The van der Waals surface area contributed by atoms with Crippen molar-refractivity contribution in [3.8, 4) is 17.2 Å². The number of methoxy groups -OCH3 is 3. The van der Waals surface area contributed by atoms with Crippen molar-refractivity contribution in [1.29, 1.82) is 0 Å². The molecule has 0 bridgehead atoms. The van der Waals surface area contributed by atoms with E-state index in [2.05, 4.69) is 10.0 Å². The van der Waals surface area contributed by atoms with Crippen LogP contribution in [-0.4, -0.2) is 50.6 Å². The highest BCUT2D eigenvalue weighted by Gasteiger charge is 2.30. The smallest absolute Gasteiger partial charge is 0.264 e. The Bertz CT molecular complexity index is 1820. The van der Waals surface area contributed by atoms with Crippen LogP contribution in [0.1, 0.15) is 0 Å². The Morgan fingerprint density at radius 3 is 2.05 bits per heavy atom. The molecule has 0 saturated heterocycles. The molecule has 0 fully saturated rings. The monoisotopic (exact) mass is 645 g/mol. The molecule has 11 nitrogen and oxygen atoms in total. The molecule has 43 heavy (non-hydrogen) atoms. The summed E-state index contributed by atoms with van der Waals surface area (Å²) in [6, 6.07) is 22.1. The van der Waals surface area contributed by atoms with E-state index >= 15 is 0 Å². The van der Waals surface area contributed by atoms with Gasteiger partial charge in [-0.05, 0) is 66.7 Å². The summed E-state index contributed by atoms with van der Waals surface area (Å²) < 4.78 is 72.5. The van der Waals surface area contributed by atoms with Crippen LogP contribution in [0.5, 0.6) is 17.2 Å². The molecule has 4 aromatic rings. The van der Waals surface area contributed by atoms with E-state index in [4.69, 9.17) is 25.8 Å². The highest BCUT2D eigenvalue weighted by molar-refractivity contribution is 7.93. The number of nitrogens with one attached hydrogen (secondary N) is 2. The number of carbonyl (C=O) groups excluding carboxylic acids is 1. The highest BCUT2D eigenvalue weighted by atomic mass is 35.5. The number of benzene rings is 4. The zero-order chi connectivity index (χ0) is 31.2. The first kappa shape index (κ1) is 31.5. The lowest BCUT2D eigenvalue weighted by Crippen LogP contribution is -2.38. The number of ether oxygens (including phenoxy) is 3. The van der Waals surface area contributed by atoms with Gasteiger partial charge in [-0.2, -0.15) is 0 Å². The van der Waals surface area contributed by atoms with Crippen molar-refractivity contribution in [3.05, 3.63) is 96.0 Å². The van der Waals surface area contributed by atoms with Crippen molar-refractivity contribution in [1.82, 2.24) is 0 Å². The van der Waals surface area contributed by atoms with Crippen LogP contribution in [0.2, 0.25) is 5.02 Å². The van der Waals surface area contributed by atoms with E-state index in [9.17, 15) is 21.6 Å². The first-order valence-electron chi connectivity index (χ1n) is 12.5. The fraction of sp³-hybridized carbons (Fsp3) is 0.138. The van der Waals surface area contributed by atoms with Crippen LogP contribution in [0, 0.1) is 0 Å². The minimum absolute atomic E-state index is 0.0421. The molecule has 0 heterocycles. The summed E-state index contributed by atoms with van der Waals surface area (Å²) in [4.78, 5) is 13.0. The fourth-order valence-corrected chi connectivity index (χ4v) is 6.70. The first-order valence-corrected chi connectivity index (χ1v) is 15.8. The molecule has 4 rings (SSSR count). The average Bonchev–Trinajstić information content (AvgIpc) is 3.00. The summed E-state index contributed by atoms with van der Waals surface area (Å²) in [6.07, 6.45) is 0. The Labute approximate surface area is 255 Å². The maximum absolute atomic E-state index is 13.6. The van der Waals surface area contributed by atoms with Crippen molar-refractivity contribution in [2.75, 3.05) is 42.2 Å². The van der Waals surface area contributed by atoms with E-state index in [0.29, 0.717) is 11.5 Å². The predicted octanol–water partition coefficient (Wildman–Crippen LogP) is 5.00. The van der Waals surface area contributed by atoms with E-state index in [1.54, 1.807) is 30.3 Å². The lowest BCUT2D eigenvalue weighted by Gasteiger charge is -2.26. The number of hydrogen-bond acceptors (Lipinski definition) is 8. The van der Waals surface area contributed by atoms with Gasteiger partial charge in [0.2, 0.25) is 5.91 Å². The van der Waals surface area contributed by atoms with Crippen molar-refractivity contribution >= 4 is 54.6 Å². The van der Waals surface area contributed by atoms with Gasteiger partial charge in [0.15, 0.2) is 0 Å². The van der Waals surface area contributed by atoms with Crippen molar-refractivity contribution < 1.29 is 35.8 Å².